The van der Waals surface area contributed by atoms with Crippen molar-refractivity contribution >= 4 is 46.9 Å². The molecule has 1 aromatic heterocycles. The molecular formula is C29H33F2O9PS. The molecule has 0 atom stereocenters. The minimum Gasteiger partial charge on any atom is -0.458 e. The number of carbonyl (C=O) groups is 3. The van der Waals surface area contributed by atoms with Crippen LogP contribution in [0.4, 0.5) is 8.78 Å². The van der Waals surface area contributed by atoms with E-state index < -0.39 is 61.1 Å². The number of esters is 3. The van der Waals surface area contributed by atoms with E-state index in [-0.39, 0.29) is 16.9 Å². The first-order chi connectivity index (χ1) is 19.4. The summed E-state index contributed by atoms with van der Waals surface area (Å²) in [6.45, 7) is 7.11. The van der Waals surface area contributed by atoms with Gasteiger partial charge in [0.25, 0.3) is 0 Å². The summed E-state index contributed by atoms with van der Waals surface area (Å²) in [6.07, 6.45) is 0. The molecule has 9 nitrogen and oxygen atoms in total. The third kappa shape index (κ3) is 9.16. The highest BCUT2D eigenvalue weighted by atomic mass is 32.1. The van der Waals surface area contributed by atoms with Crippen LogP contribution in [0.1, 0.15) is 62.3 Å². The van der Waals surface area contributed by atoms with E-state index >= 15 is 8.78 Å². The molecule has 228 valence electrons. The number of hydrogen-bond donors (Lipinski definition) is 0. The number of carbonyl (C=O) groups excluding carboxylic acids is 3. The fraction of sp³-hybridized carbons (Fsp3) is 0.414. The first kappa shape index (κ1) is 33.3. The first-order valence-electron chi connectivity index (χ1n) is 12.8. The van der Waals surface area contributed by atoms with Gasteiger partial charge in [0.1, 0.15) is 22.7 Å². The van der Waals surface area contributed by atoms with Gasteiger partial charge in [0.15, 0.2) is 13.2 Å². The van der Waals surface area contributed by atoms with E-state index in [1.807, 2.05) is 6.07 Å². The van der Waals surface area contributed by atoms with Crippen LogP contribution < -0.4 is 0 Å². The average molecular weight is 627 g/mol. The molecule has 0 spiro atoms. The fourth-order valence-electron chi connectivity index (χ4n) is 3.50. The number of hydrogen-bond acceptors (Lipinski definition) is 10. The molecule has 0 amide bonds. The van der Waals surface area contributed by atoms with Crippen molar-refractivity contribution in [3.63, 3.8) is 0 Å². The van der Waals surface area contributed by atoms with Gasteiger partial charge < -0.3 is 14.2 Å². The van der Waals surface area contributed by atoms with E-state index in [0.717, 1.165) is 29.0 Å². The Hall–Kier alpha value is -3.18. The number of thiophene rings is 1. The van der Waals surface area contributed by atoms with Gasteiger partial charge in [0, 0.05) is 10.3 Å². The molecule has 3 aromatic rings. The molecule has 0 N–H and O–H groups in total. The van der Waals surface area contributed by atoms with Crippen molar-refractivity contribution in [1.29, 1.82) is 0 Å². The summed E-state index contributed by atoms with van der Waals surface area (Å²) in [6, 6.07) is 13.7. The smallest absolute Gasteiger partial charge is 0.405 e. The Kier molecular flexibility index (Phi) is 10.3. The molecule has 2 aromatic carbocycles. The van der Waals surface area contributed by atoms with Gasteiger partial charge in [0.05, 0.1) is 0 Å². The van der Waals surface area contributed by atoms with Gasteiger partial charge in [-0.1, -0.05) is 36.4 Å². The van der Waals surface area contributed by atoms with Crippen LogP contribution in [0, 0.1) is 0 Å². The van der Waals surface area contributed by atoms with Crippen molar-refractivity contribution in [2.75, 3.05) is 13.2 Å². The van der Waals surface area contributed by atoms with Gasteiger partial charge in [-0.2, -0.15) is 8.78 Å². The predicted molar refractivity (Wildman–Crippen MR) is 152 cm³/mol. The lowest BCUT2D eigenvalue weighted by Gasteiger charge is -2.27. The summed E-state index contributed by atoms with van der Waals surface area (Å²) >= 11 is 1.03. The average Bonchev–Trinajstić information content (AvgIpc) is 3.32. The summed E-state index contributed by atoms with van der Waals surface area (Å²) in [5.41, 5.74) is -6.25. The maximum absolute atomic E-state index is 15.9. The van der Waals surface area contributed by atoms with Crippen molar-refractivity contribution in [1.82, 2.24) is 0 Å². The second kappa shape index (κ2) is 13.0. The highest BCUT2D eigenvalue weighted by molar-refractivity contribution is 7.54. The minimum atomic E-state index is -5.54. The molecular weight excluding hydrogens is 593 g/mol. The van der Waals surface area contributed by atoms with E-state index in [1.54, 1.807) is 65.8 Å². The van der Waals surface area contributed by atoms with Crippen LogP contribution in [0.3, 0.4) is 0 Å². The maximum atomic E-state index is 15.9. The molecule has 0 radical (unpaired) electrons. The zero-order valence-electron chi connectivity index (χ0n) is 24.1. The Balaban J connectivity index is 1.86. The Morgan fingerprint density at radius 3 is 1.88 bits per heavy atom. The van der Waals surface area contributed by atoms with Crippen LogP contribution in [0.5, 0.6) is 0 Å². The SMILES string of the molecule is CC(C)(C)OC(=O)COP(=O)(OCC(=O)OC(C)(C)C)C(F)(F)c1ccc2sc(C(=O)OCc3ccccc3)cc2c1. The normalized spacial score (nSPS) is 12.7. The van der Waals surface area contributed by atoms with Crippen LogP contribution in [0.25, 0.3) is 10.1 Å². The van der Waals surface area contributed by atoms with Gasteiger partial charge in [-0.15, -0.1) is 11.3 Å². The Morgan fingerprint density at radius 1 is 0.810 bits per heavy atom. The molecule has 0 aliphatic carbocycles. The Bertz CT molecular complexity index is 1440. The second-order valence-corrected chi connectivity index (χ2v) is 14.3. The van der Waals surface area contributed by atoms with Crippen LogP contribution in [0.2, 0.25) is 0 Å². The van der Waals surface area contributed by atoms with Gasteiger partial charge in [0.2, 0.25) is 0 Å². The lowest BCUT2D eigenvalue weighted by molar-refractivity contribution is -0.158. The number of halogens is 2. The van der Waals surface area contributed by atoms with E-state index in [1.165, 1.54) is 12.1 Å². The van der Waals surface area contributed by atoms with E-state index in [0.29, 0.717) is 4.70 Å². The summed E-state index contributed by atoms with van der Waals surface area (Å²) < 4.78 is 71.0. The van der Waals surface area contributed by atoms with Crippen molar-refractivity contribution in [2.24, 2.45) is 0 Å². The van der Waals surface area contributed by atoms with Gasteiger partial charge >= 0.3 is 31.2 Å². The van der Waals surface area contributed by atoms with E-state index in [9.17, 15) is 18.9 Å². The van der Waals surface area contributed by atoms with Crippen molar-refractivity contribution in [2.45, 2.75) is 65.0 Å². The number of alkyl halides is 2. The summed E-state index contributed by atoms with van der Waals surface area (Å²) in [7, 11) is -5.54. The predicted octanol–water partition coefficient (Wildman–Crippen LogP) is 7.22. The number of benzene rings is 2. The quantitative estimate of drug-likeness (QED) is 0.124. The molecule has 0 aliphatic rings. The van der Waals surface area contributed by atoms with Gasteiger partial charge in [-0.05, 0) is 70.7 Å². The van der Waals surface area contributed by atoms with E-state index in [4.69, 9.17) is 23.3 Å². The minimum absolute atomic E-state index is 0.0321. The summed E-state index contributed by atoms with van der Waals surface area (Å²) in [5, 5.41) is 0.245. The number of fused-ring (bicyclic) bond motifs is 1. The lowest BCUT2D eigenvalue weighted by Crippen LogP contribution is -2.29. The monoisotopic (exact) mass is 626 g/mol. The third-order valence-electron chi connectivity index (χ3n) is 5.17. The topological polar surface area (TPSA) is 114 Å². The van der Waals surface area contributed by atoms with Gasteiger partial charge in [-0.25, -0.2) is 14.4 Å². The lowest BCUT2D eigenvalue weighted by atomic mass is 10.1. The molecule has 0 aliphatic heterocycles. The molecule has 13 heteroatoms. The van der Waals surface area contributed by atoms with E-state index in [2.05, 4.69) is 0 Å². The Labute approximate surface area is 246 Å². The van der Waals surface area contributed by atoms with Crippen LogP contribution >= 0.6 is 18.9 Å². The second-order valence-electron chi connectivity index (χ2n) is 11.2. The first-order valence-corrected chi connectivity index (χ1v) is 15.2. The van der Waals surface area contributed by atoms with Crippen molar-refractivity contribution in [3.8, 4) is 0 Å². The fourth-order valence-corrected chi connectivity index (χ4v) is 5.84. The molecule has 0 unspecified atom stereocenters. The van der Waals surface area contributed by atoms with Crippen molar-refractivity contribution in [3.05, 3.63) is 70.6 Å². The molecule has 0 bridgehead atoms. The zero-order valence-corrected chi connectivity index (χ0v) is 25.8. The summed E-state index contributed by atoms with van der Waals surface area (Å²) in [4.78, 5) is 37.1. The third-order valence-corrected chi connectivity index (χ3v) is 8.15. The largest absolute Gasteiger partial charge is 0.458 e. The number of ether oxygens (including phenoxy) is 3. The van der Waals surface area contributed by atoms with Crippen LogP contribution in [0.15, 0.2) is 54.6 Å². The Morgan fingerprint density at radius 2 is 1.36 bits per heavy atom. The molecule has 0 saturated carbocycles. The highest BCUT2D eigenvalue weighted by Crippen LogP contribution is 2.67. The molecule has 0 saturated heterocycles. The summed E-state index contributed by atoms with van der Waals surface area (Å²) in [5.74, 6) is -2.77. The molecule has 0 fully saturated rings. The molecule has 3 rings (SSSR count). The zero-order chi connectivity index (χ0) is 31.3. The standard InChI is InChI=1S/C29H33F2O9PS/c1-27(2,3)39-24(32)17-37-41(35,38-18-25(33)40-28(4,5)6)29(30,31)21-12-13-22-20(14-21)15-23(42-22)26(34)36-16-19-10-8-7-9-11-19/h7-15H,16-18H2,1-6H3. The van der Waals surface area contributed by atoms with Gasteiger partial charge in [-0.3, -0.25) is 13.6 Å². The van der Waals surface area contributed by atoms with Crippen LogP contribution in [-0.2, 0) is 49.7 Å². The maximum Gasteiger partial charge on any atom is 0.405 e. The van der Waals surface area contributed by atoms with Crippen molar-refractivity contribution < 1.29 is 51.0 Å². The highest BCUT2D eigenvalue weighted by Gasteiger charge is 2.56. The van der Waals surface area contributed by atoms with Crippen LogP contribution in [-0.4, -0.2) is 42.3 Å². The molecule has 42 heavy (non-hydrogen) atoms. The molecule has 1 heterocycles. The number of rotatable bonds is 11.